The van der Waals surface area contributed by atoms with E-state index in [1.54, 1.807) is 25.6 Å². The van der Waals surface area contributed by atoms with Crippen molar-refractivity contribution in [2.24, 2.45) is 0 Å². The molecule has 0 saturated carbocycles. The lowest BCUT2D eigenvalue weighted by atomic mass is 10.1. The summed E-state index contributed by atoms with van der Waals surface area (Å²) in [5, 5.41) is 0. The molecule has 0 aliphatic carbocycles. The number of benzene rings is 1. The molecule has 0 radical (unpaired) electrons. The molecule has 26 heavy (non-hydrogen) atoms. The van der Waals surface area contributed by atoms with Gasteiger partial charge in [-0.25, -0.2) is 0 Å². The van der Waals surface area contributed by atoms with Gasteiger partial charge in [-0.05, 0) is 45.4 Å². The first-order valence-corrected chi connectivity index (χ1v) is 9.36. The number of ether oxygens (including phenoxy) is 1. The molecule has 0 spiro atoms. The van der Waals surface area contributed by atoms with E-state index in [4.69, 9.17) is 4.74 Å². The van der Waals surface area contributed by atoms with Crippen molar-refractivity contribution in [1.29, 1.82) is 0 Å². The minimum Gasteiger partial charge on any atom is -0.457 e. The van der Waals surface area contributed by atoms with Gasteiger partial charge in [-0.3, -0.25) is 14.4 Å². The predicted molar refractivity (Wildman–Crippen MR) is 102 cm³/mol. The Labute approximate surface area is 157 Å². The molecular weight excluding hydrogens is 350 g/mol. The molecule has 0 aliphatic rings. The average molecular weight is 373 g/mol. The van der Waals surface area contributed by atoms with Crippen LogP contribution in [0.15, 0.2) is 29.2 Å². The number of carbonyl (C=O) groups is 3. The molecule has 2 aromatic rings. The molecule has 0 atom stereocenters. The van der Waals surface area contributed by atoms with E-state index in [1.165, 1.54) is 12.5 Å². The first-order chi connectivity index (χ1) is 12.3. The summed E-state index contributed by atoms with van der Waals surface area (Å²) in [7, 11) is 0. The second-order valence-corrected chi connectivity index (χ2v) is 7.34. The van der Waals surface area contributed by atoms with Gasteiger partial charge in [0, 0.05) is 21.9 Å². The molecular formula is C20H23NO4S. The molecule has 6 heteroatoms. The van der Waals surface area contributed by atoms with Crippen molar-refractivity contribution >= 4 is 29.3 Å². The Bertz CT molecular complexity index is 821. The van der Waals surface area contributed by atoms with Crippen LogP contribution >= 0.6 is 11.8 Å². The van der Waals surface area contributed by atoms with Gasteiger partial charge < -0.3 is 9.72 Å². The molecule has 0 unspecified atom stereocenters. The molecule has 2 rings (SSSR count). The molecule has 5 nitrogen and oxygen atoms in total. The van der Waals surface area contributed by atoms with Crippen molar-refractivity contribution in [3.05, 3.63) is 52.3 Å². The summed E-state index contributed by atoms with van der Waals surface area (Å²) >= 11 is 1.57. The number of carbonyl (C=O) groups excluding carboxylic acids is 3. The first kappa shape index (κ1) is 20.0. The summed E-state index contributed by atoms with van der Waals surface area (Å²) in [6, 6.07) is 8.07. The highest BCUT2D eigenvalue weighted by Crippen LogP contribution is 2.20. The summed E-state index contributed by atoms with van der Waals surface area (Å²) < 4.78 is 5.07. The van der Waals surface area contributed by atoms with Crippen LogP contribution in [0.4, 0.5) is 0 Å². The molecule has 1 N–H and O–H groups in total. The van der Waals surface area contributed by atoms with E-state index in [1.807, 2.05) is 31.2 Å². The van der Waals surface area contributed by atoms with Crippen molar-refractivity contribution in [2.75, 3.05) is 12.4 Å². The lowest BCUT2D eigenvalue weighted by molar-refractivity contribution is -0.141. The number of H-pyrrole nitrogens is 1. The maximum absolute atomic E-state index is 12.3. The van der Waals surface area contributed by atoms with Gasteiger partial charge in [0.25, 0.3) is 0 Å². The predicted octanol–water partition coefficient (Wildman–Crippen LogP) is 4.05. The third kappa shape index (κ3) is 5.08. The molecule has 0 aliphatic heterocycles. The van der Waals surface area contributed by atoms with E-state index in [-0.39, 0.29) is 24.6 Å². The SMILES string of the molecule is CC(=O)c1c(C)[nH]c(C(=O)COC(=O)CCSc2ccc(C)cc2)c1C. The number of Topliss-reactive ketones (excluding diaryl/α,β-unsaturated/α-hetero) is 2. The lowest BCUT2D eigenvalue weighted by Crippen LogP contribution is -2.15. The molecule has 1 aromatic heterocycles. The largest absolute Gasteiger partial charge is 0.457 e. The van der Waals surface area contributed by atoms with Gasteiger partial charge >= 0.3 is 5.97 Å². The van der Waals surface area contributed by atoms with Crippen LogP contribution in [0.1, 0.15) is 51.0 Å². The number of aromatic amines is 1. The van der Waals surface area contributed by atoms with Gasteiger partial charge in [-0.2, -0.15) is 0 Å². The summed E-state index contributed by atoms with van der Waals surface area (Å²) in [5.41, 5.74) is 3.30. The summed E-state index contributed by atoms with van der Waals surface area (Å²) in [5.74, 6) is -0.255. The fourth-order valence-corrected chi connectivity index (χ4v) is 3.57. The fraction of sp³-hybridized carbons (Fsp3) is 0.350. The Morgan fingerprint density at radius 2 is 1.73 bits per heavy atom. The van der Waals surface area contributed by atoms with Gasteiger partial charge in [0.15, 0.2) is 12.4 Å². The van der Waals surface area contributed by atoms with Gasteiger partial charge in [-0.1, -0.05) is 17.7 Å². The number of hydrogen-bond acceptors (Lipinski definition) is 5. The van der Waals surface area contributed by atoms with E-state index in [9.17, 15) is 14.4 Å². The van der Waals surface area contributed by atoms with E-state index >= 15 is 0 Å². The maximum atomic E-state index is 12.3. The lowest BCUT2D eigenvalue weighted by Gasteiger charge is -2.05. The highest BCUT2D eigenvalue weighted by molar-refractivity contribution is 7.99. The Kier molecular flexibility index (Phi) is 6.80. The maximum Gasteiger partial charge on any atom is 0.307 e. The molecule has 0 bridgehead atoms. The van der Waals surface area contributed by atoms with E-state index in [0.29, 0.717) is 28.3 Å². The number of aryl methyl sites for hydroxylation is 2. The number of esters is 1. The second-order valence-electron chi connectivity index (χ2n) is 6.18. The van der Waals surface area contributed by atoms with Crippen molar-refractivity contribution in [3.8, 4) is 0 Å². The number of rotatable bonds is 8. The average Bonchev–Trinajstić information content (AvgIpc) is 2.89. The van der Waals surface area contributed by atoms with Crippen molar-refractivity contribution < 1.29 is 19.1 Å². The Hall–Kier alpha value is -2.34. The standard InChI is InChI=1S/C20H23NO4S/c1-12-5-7-16(8-6-12)26-10-9-18(24)25-11-17(23)20-13(2)19(15(4)22)14(3)21-20/h5-8,21H,9-11H2,1-4H3. The molecule has 0 amide bonds. The Balaban J connectivity index is 1.82. The van der Waals surface area contributed by atoms with Crippen LogP contribution in [0, 0.1) is 20.8 Å². The van der Waals surface area contributed by atoms with E-state index in [0.717, 1.165) is 4.90 Å². The number of ketones is 2. The highest BCUT2D eigenvalue weighted by atomic mass is 32.2. The topological polar surface area (TPSA) is 76.2 Å². The van der Waals surface area contributed by atoms with Gasteiger partial charge in [0.05, 0.1) is 12.1 Å². The van der Waals surface area contributed by atoms with E-state index < -0.39 is 5.97 Å². The smallest absolute Gasteiger partial charge is 0.307 e. The molecule has 138 valence electrons. The van der Waals surface area contributed by atoms with Crippen LogP contribution in [0.2, 0.25) is 0 Å². The summed E-state index contributed by atoms with van der Waals surface area (Å²) in [6.07, 6.45) is 0.229. The van der Waals surface area contributed by atoms with Crippen molar-refractivity contribution in [1.82, 2.24) is 4.98 Å². The minimum atomic E-state index is -0.411. The van der Waals surface area contributed by atoms with Gasteiger partial charge in [0.1, 0.15) is 0 Å². The quantitative estimate of drug-likeness (QED) is 0.429. The molecule has 0 saturated heterocycles. The van der Waals surface area contributed by atoms with Crippen LogP contribution in [0.5, 0.6) is 0 Å². The Morgan fingerprint density at radius 3 is 2.31 bits per heavy atom. The third-order valence-electron chi connectivity index (χ3n) is 4.03. The number of aromatic nitrogens is 1. The second kappa shape index (κ2) is 8.85. The number of thioether (sulfide) groups is 1. The fourth-order valence-electron chi connectivity index (χ4n) is 2.73. The zero-order valence-electron chi connectivity index (χ0n) is 15.5. The zero-order chi connectivity index (χ0) is 19.3. The van der Waals surface area contributed by atoms with Crippen molar-refractivity contribution in [3.63, 3.8) is 0 Å². The molecule has 1 heterocycles. The van der Waals surface area contributed by atoms with Gasteiger partial charge in [0.2, 0.25) is 5.78 Å². The van der Waals surface area contributed by atoms with E-state index in [2.05, 4.69) is 4.98 Å². The molecule has 1 aromatic carbocycles. The monoisotopic (exact) mass is 373 g/mol. The van der Waals surface area contributed by atoms with Crippen LogP contribution in [0.3, 0.4) is 0 Å². The van der Waals surface area contributed by atoms with Crippen LogP contribution in [-0.4, -0.2) is 34.9 Å². The van der Waals surface area contributed by atoms with Gasteiger partial charge in [-0.15, -0.1) is 11.8 Å². The van der Waals surface area contributed by atoms with Crippen LogP contribution in [0.25, 0.3) is 0 Å². The summed E-state index contributed by atoms with van der Waals surface area (Å²) in [4.78, 5) is 39.7. The van der Waals surface area contributed by atoms with Crippen molar-refractivity contribution in [2.45, 2.75) is 39.0 Å². The normalized spacial score (nSPS) is 10.6. The zero-order valence-corrected chi connectivity index (χ0v) is 16.3. The van der Waals surface area contributed by atoms with Crippen LogP contribution in [-0.2, 0) is 9.53 Å². The third-order valence-corrected chi connectivity index (χ3v) is 5.04. The highest BCUT2D eigenvalue weighted by Gasteiger charge is 2.20. The number of hydrogen-bond donors (Lipinski definition) is 1. The first-order valence-electron chi connectivity index (χ1n) is 8.38. The van der Waals surface area contributed by atoms with Crippen LogP contribution < -0.4 is 0 Å². The molecule has 0 fully saturated rings. The summed E-state index contributed by atoms with van der Waals surface area (Å²) in [6.45, 7) is 6.62. The number of nitrogens with one attached hydrogen (secondary N) is 1. The minimum absolute atomic E-state index is 0.0968. The Morgan fingerprint density at radius 1 is 1.08 bits per heavy atom.